The van der Waals surface area contributed by atoms with Crippen molar-refractivity contribution in [1.29, 1.82) is 0 Å². The maximum atomic E-state index is 5.51. The number of rotatable bonds is 12. The SMILES string of the molecule is COc1ccc(C=NCc2ccc(CN=Cc3ccc(OC)c(OC)c3OC)cc2)c(OC)c1OC. The Hall–Kier alpha value is -4.20. The summed E-state index contributed by atoms with van der Waals surface area (Å²) in [7, 11) is 9.53. The fraction of sp³-hybridized carbons (Fsp3) is 0.286. The minimum atomic E-state index is 0.532. The second-order valence-electron chi connectivity index (χ2n) is 7.60. The summed E-state index contributed by atoms with van der Waals surface area (Å²) in [5.74, 6) is 3.46. The molecule has 190 valence electrons. The fourth-order valence-corrected chi connectivity index (χ4v) is 3.70. The molecule has 0 aliphatic carbocycles. The Morgan fingerprint density at radius 2 is 0.833 bits per heavy atom. The van der Waals surface area contributed by atoms with Crippen LogP contribution in [0.1, 0.15) is 22.3 Å². The first-order valence-electron chi connectivity index (χ1n) is 11.3. The van der Waals surface area contributed by atoms with E-state index in [4.69, 9.17) is 28.4 Å². The van der Waals surface area contributed by atoms with Gasteiger partial charge in [0, 0.05) is 23.6 Å². The van der Waals surface area contributed by atoms with E-state index in [1.807, 2.05) is 48.5 Å². The zero-order valence-electron chi connectivity index (χ0n) is 21.5. The number of aliphatic imine (C=N–C) groups is 2. The second-order valence-corrected chi connectivity index (χ2v) is 7.60. The monoisotopic (exact) mass is 492 g/mol. The second kappa shape index (κ2) is 13.0. The Labute approximate surface area is 212 Å². The molecule has 8 heteroatoms. The van der Waals surface area contributed by atoms with Gasteiger partial charge in [-0.2, -0.15) is 0 Å². The van der Waals surface area contributed by atoms with Gasteiger partial charge in [-0.15, -0.1) is 0 Å². The molecule has 0 amide bonds. The number of hydrogen-bond acceptors (Lipinski definition) is 8. The van der Waals surface area contributed by atoms with Crippen molar-refractivity contribution < 1.29 is 28.4 Å². The predicted octanol–water partition coefficient (Wildman–Crippen LogP) is 4.98. The largest absolute Gasteiger partial charge is 0.493 e. The van der Waals surface area contributed by atoms with Gasteiger partial charge < -0.3 is 28.4 Å². The fourth-order valence-electron chi connectivity index (χ4n) is 3.70. The molecule has 0 unspecified atom stereocenters. The lowest BCUT2D eigenvalue weighted by molar-refractivity contribution is 0.324. The third-order valence-electron chi connectivity index (χ3n) is 5.50. The highest BCUT2D eigenvalue weighted by Gasteiger charge is 2.15. The maximum Gasteiger partial charge on any atom is 0.203 e. The highest BCUT2D eigenvalue weighted by molar-refractivity contribution is 5.87. The Morgan fingerprint density at radius 1 is 0.472 bits per heavy atom. The molecule has 0 radical (unpaired) electrons. The first-order valence-corrected chi connectivity index (χ1v) is 11.3. The van der Waals surface area contributed by atoms with E-state index >= 15 is 0 Å². The predicted molar refractivity (Wildman–Crippen MR) is 141 cm³/mol. The molecule has 8 nitrogen and oxygen atoms in total. The van der Waals surface area contributed by atoms with E-state index in [9.17, 15) is 0 Å². The number of hydrogen-bond donors (Lipinski definition) is 0. The highest BCUT2D eigenvalue weighted by Crippen LogP contribution is 2.40. The zero-order chi connectivity index (χ0) is 25.9. The van der Waals surface area contributed by atoms with Crippen LogP contribution in [0, 0.1) is 0 Å². The van der Waals surface area contributed by atoms with Gasteiger partial charge in [0.2, 0.25) is 11.5 Å². The van der Waals surface area contributed by atoms with E-state index in [-0.39, 0.29) is 0 Å². The molecule has 0 spiro atoms. The molecule has 0 aromatic heterocycles. The van der Waals surface area contributed by atoms with Crippen molar-refractivity contribution in [3.05, 3.63) is 70.8 Å². The van der Waals surface area contributed by atoms with Crippen LogP contribution in [0.5, 0.6) is 34.5 Å². The van der Waals surface area contributed by atoms with Crippen molar-refractivity contribution in [2.75, 3.05) is 42.7 Å². The van der Waals surface area contributed by atoms with Crippen LogP contribution in [0.15, 0.2) is 58.5 Å². The van der Waals surface area contributed by atoms with Gasteiger partial charge in [-0.25, -0.2) is 0 Å². The summed E-state index contributed by atoms with van der Waals surface area (Å²) >= 11 is 0. The quantitative estimate of drug-likeness (QED) is 0.332. The normalized spacial score (nSPS) is 11.1. The van der Waals surface area contributed by atoms with E-state index < -0.39 is 0 Å². The molecule has 3 aromatic carbocycles. The number of ether oxygens (including phenoxy) is 6. The van der Waals surface area contributed by atoms with Crippen LogP contribution in [0.3, 0.4) is 0 Å². The van der Waals surface area contributed by atoms with E-state index in [0.717, 1.165) is 22.3 Å². The van der Waals surface area contributed by atoms with Gasteiger partial charge in [0.25, 0.3) is 0 Å². The molecule has 0 heterocycles. The molecule has 0 aliphatic rings. The summed E-state index contributed by atoms with van der Waals surface area (Å²) in [5.41, 5.74) is 3.79. The summed E-state index contributed by atoms with van der Waals surface area (Å²) in [4.78, 5) is 9.13. The van der Waals surface area contributed by atoms with Crippen LogP contribution in [-0.4, -0.2) is 55.1 Å². The van der Waals surface area contributed by atoms with Gasteiger partial charge in [0.05, 0.1) is 55.7 Å². The molecule has 3 aromatic rings. The summed E-state index contributed by atoms with van der Waals surface area (Å²) in [6, 6.07) is 15.6. The topological polar surface area (TPSA) is 80.1 Å². The Balaban J connectivity index is 1.65. The summed E-state index contributed by atoms with van der Waals surface area (Å²) in [6.07, 6.45) is 3.55. The van der Waals surface area contributed by atoms with Crippen LogP contribution in [0.2, 0.25) is 0 Å². The molecule has 36 heavy (non-hydrogen) atoms. The first-order chi connectivity index (χ1) is 17.6. The van der Waals surface area contributed by atoms with E-state index in [1.54, 1.807) is 55.1 Å². The molecule has 0 saturated heterocycles. The van der Waals surface area contributed by atoms with Crippen LogP contribution >= 0.6 is 0 Å². The Bertz CT molecular complexity index is 1110. The lowest BCUT2D eigenvalue weighted by atomic mass is 10.1. The van der Waals surface area contributed by atoms with Gasteiger partial charge in [0.15, 0.2) is 23.0 Å². The Morgan fingerprint density at radius 3 is 1.14 bits per heavy atom. The summed E-state index contributed by atoms with van der Waals surface area (Å²) in [6.45, 7) is 1.06. The minimum absolute atomic E-state index is 0.532. The lowest BCUT2D eigenvalue weighted by Gasteiger charge is -2.13. The molecule has 0 saturated carbocycles. The average Bonchev–Trinajstić information content (AvgIpc) is 2.92. The third-order valence-corrected chi connectivity index (χ3v) is 5.50. The number of nitrogens with zero attached hydrogens (tertiary/aromatic N) is 2. The third kappa shape index (κ3) is 6.07. The van der Waals surface area contributed by atoms with E-state index in [0.29, 0.717) is 47.6 Å². The first kappa shape index (κ1) is 26.4. The van der Waals surface area contributed by atoms with Crippen LogP contribution in [-0.2, 0) is 13.1 Å². The summed E-state index contributed by atoms with van der Waals surface area (Å²) < 4.78 is 32.5. The maximum absolute atomic E-state index is 5.51. The average molecular weight is 493 g/mol. The molecular formula is C28H32N2O6. The summed E-state index contributed by atoms with van der Waals surface area (Å²) in [5, 5.41) is 0. The highest BCUT2D eigenvalue weighted by atomic mass is 16.5. The molecule has 0 aliphatic heterocycles. The van der Waals surface area contributed by atoms with E-state index in [1.165, 1.54) is 0 Å². The van der Waals surface area contributed by atoms with Gasteiger partial charge in [0.1, 0.15) is 0 Å². The molecule has 0 bridgehead atoms. The van der Waals surface area contributed by atoms with Gasteiger partial charge in [-0.3, -0.25) is 9.98 Å². The number of methoxy groups -OCH3 is 6. The van der Waals surface area contributed by atoms with Gasteiger partial charge >= 0.3 is 0 Å². The van der Waals surface area contributed by atoms with Crippen LogP contribution < -0.4 is 28.4 Å². The zero-order valence-corrected chi connectivity index (χ0v) is 21.5. The standard InChI is InChI=1S/C28H32N2O6/c1-31-23-13-11-21(25(33-3)27(23)35-5)17-29-15-19-7-9-20(10-8-19)16-30-18-22-12-14-24(32-2)28(36-6)26(22)34-4/h7-14,17-18H,15-16H2,1-6H3. The van der Waals surface area contributed by atoms with Crippen molar-refractivity contribution in [2.45, 2.75) is 13.1 Å². The molecule has 0 atom stereocenters. The smallest absolute Gasteiger partial charge is 0.203 e. The van der Waals surface area contributed by atoms with Crippen molar-refractivity contribution in [3.63, 3.8) is 0 Å². The van der Waals surface area contributed by atoms with E-state index in [2.05, 4.69) is 9.98 Å². The van der Waals surface area contributed by atoms with Crippen LogP contribution in [0.25, 0.3) is 0 Å². The lowest BCUT2D eigenvalue weighted by Crippen LogP contribution is -1.98. The van der Waals surface area contributed by atoms with Crippen LogP contribution in [0.4, 0.5) is 0 Å². The molecule has 0 N–H and O–H groups in total. The van der Waals surface area contributed by atoms with Crippen molar-refractivity contribution in [1.82, 2.24) is 0 Å². The Kier molecular flexibility index (Phi) is 9.56. The number of benzene rings is 3. The van der Waals surface area contributed by atoms with Crippen molar-refractivity contribution in [2.24, 2.45) is 9.98 Å². The minimum Gasteiger partial charge on any atom is -0.493 e. The van der Waals surface area contributed by atoms with Gasteiger partial charge in [-0.05, 0) is 35.4 Å². The molecule has 3 rings (SSSR count). The van der Waals surface area contributed by atoms with Crippen molar-refractivity contribution in [3.8, 4) is 34.5 Å². The molecular weight excluding hydrogens is 460 g/mol. The van der Waals surface area contributed by atoms with Crippen molar-refractivity contribution >= 4 is 12.4 Å². The van der Waals surface area contributed by atoms with Gasteiger partial charge in [-0.1, -0.05) is 24.3 Å². The molecule has 0 fully saturated rings.